The third-order valence-corrected chi connectivity index (χ3v) is 5.95. The van der Waals surface area contributed by atoms with Gasteiger partial charge in [0.2, 0.25) is 11.8 Å². The topological polar surface area (TPSA) is 134 Å². The van der Waals surface area contributed by atoms with Crippen LogP contribution < -0.4 is 10.6 Å². The lowest BCUT2D eigenvalue weighted by Gasteiger charge is -2.39. The summed E-state index contributed by atoms with van der Waals surface area (Å²) < 4.78 is 10.3. The molecule has 1 aromatic carbocycles. The van der Waals surface area contributed by atoms with Gasteiger partial charge in [0.05, 0.1) is 13.0 Å². The summed E-state index contributed by atoms with van der Waals surface area (Å²) in [6.45, 7) is 16.0. The number of aryl methyl sites for hydroxylation is 1. The van der Waals surface area contributed by atoms with E-state index in [1.165, 1.54) is 4.90 Å². The summed E-state index contributed by atoms with van der Waals surface area (Å²) >= 11 is 0. The van der Waals surface area contributed by atoms with Crippen molar-refractivity contribution in [1.29, 1.82) is 0 Å². The Labute approximate surface area is 226 Å². The number of ether oxygens (including phenoxy) is 2. The van der Waals surface area contributed by atoms with Crippen molar-refractivity contribution < 1.29 is 33.8 Å². The fraction of sp³-hybridized carbons (Fsp3) is 0.643. The molecular weight excluding hydrogens is 490 g/mol. The van der Waals surface area contributed by atoms with Gasteiger partial charge in [-0.2, -0.15) is 0 Å². The average Bonchev–Trinajstić information content (AvgIpc) is 2.81. The molecule has 1 aromatic rings. The Morgan fingerprint density at radius 2 is 1.71 bits per heavy atom. The highest BCUT2D eigenvalue weighted by atomic mass is 16.6. The van der Waals surface area contributed by atoms with E-state index in [9.17, 15) is 24.3 Å². The third kappa shape index (κ3) is 9.54. The van der Waals surface area contributed by atoms with Crippen LogP contribution in [-0.2, 0) is 23.9 Å². The number of rotatable bonds is 12. The molecule has 10 heteroatoms. The Kier molecular flexibility index (Phi) is 12.6. The van der Waals surface area contributed by atoms with Crippen molar-refractivity contribution in [3.63, 3.8) is 0 Å². The van der Waals surface area contributed by atoms with E-state index in [-0.39, 0.29) is 36.8 Å². The van der Waals surface area contributed by atoms with Gasteiger partial charge in [-0.1, -0.05) is 39.0 Å². The molecule has 38 heavy (non-hydrogen) atoms. The highest BCUT2D eigenvalue weighted by molar-refractivity contribution is 5.93. The number of nitrogens with one attached hydrogen (secondary N) is 2. The van der Waals surface area contributed by atoms with Crippen LogP contribution in [0.1, 0.15) is 85.4 Å². The maximum Gasteiger partial charge on any atom is 0.408 e. The summed E-state index contributed by atoms with van der Waals surface area (Å²) in [5.74, 6) is -1.96. The molecule has 0 heterocycles. The largest absolute Gasteiger partial charge is 0.507 e. The maximum absolute atomic E-state index is 14.1. The van der Waals surface area contributed by atoms with E-state index in [0.29, 0.717) is 12.0 Å². The molecule has 0 saturated carbocycles. The van der Waals surface area contributed by atoms with Crippen molar-refractivity contribution >= 4 is 23.9 Å². The van der Waals surface area contributed by atoms with Crippen molar-refractivity contribution in [2.24, 2.45) is 5.92 Å². The normalized spacial score (nSPS) is 13.7. The Hall–Kier alpha value is -3.30. The predicted octanol–water partition coefficient (Wildman–Crippen LogP) is 3.99. The molecule has 0 aliphatic rings. The van der Waals surface area contributed by atoms with Gasteiger partial charge in [0.25, 0.3) is 0 Å². The summed E-state index contributed by atoms with van der Waals surface area (Å²) in [7, 11) is 0. The SMILES string of the molecule is CCOC(=O)CCNC(=O)C(c1cccc(C)c1O)N(C(=O)C(NC(=O)OC(C)(C)C)C(C)C)C(C)CC. The summed E-state index contributed by atoms with van der Waals surface area (Å²) in [5.41, 5.74) is 0.0162. The van der Waals surface area contributed by atoms with Gasteiger partial charge < -0.3 is 30.1 Å². The first-order valence-electron chi connectivity index (χ1n) is 13.2. The monoisotopic (exact) mass is 535 g/mol. The standard InChI is InChI=1S/C28H45N3O7/c1-10-19(6)31(26(35)22(17(3)4)30-27(36)38-28(7,8)9)23(20-14-12-13-18(5)24(20)33)25(34)29-16-15-21(32)37-11-2/h12-14,17,19,22-23,33H,10-11,15-16H2,1-9H3,(H,29,34)(H,30,36). The van der Waals surface area contributed by atoms with Gasteiger partial charge in [0.15, 0.2) is 0 Å². The number of esters is 1. The van der Waals surface area contributed by atoms with Crippen LogP contribution in [0, 0.1) is 12.8 Å². The van der Waals surface area contributed by atoms with Crippen LogP contribution in [0.25, 0.3) is 0 Å². The molecule has 0 radical (unpaired) electrons. The molecule has 0 aromatic heterocycles. The number of para-hydroxylation sites is 1. The number of hydrogen-bond acceptors (Lipinski definition) is 7. The summed E-state index contributed by atoms with van der Waals surface area (Å²) in [5, 5.41) is 16.3. The van der Waals surface area contributed by atoms with Crippen LogP contribution in [0.2, 0.25) is 0 Å². The molecule has 10 nitrogen and oxygen atoms in total. The highest BCUT2D eigenvalue weighted by Crippen LogP contribution is 2.34. The van der Waals surface area contributed by atoms with Crippen LogP contribution in [0.4, 0.5) is 4.79 Å². The first-order chi connectivity index (χ1) is 17.6. The summed E-state index contributed by atoms with van der Waals surface area (Å²) in [6.07, 6.45) is -0.289. The Morgan fingerprint density at radius 1 is 1.08 bits per heavy atom. The lowest BCUT2D eigenvalue weighted by molar-refractivity contribution is -0.146. The number of benzene rings is 1. The van der Waals surface area contributed by atoms with E-state index < -0.39 is 47.6 Å². The second-order valence-corrected chi connectivity index (χ2v) is 10.6. The molecular formula is C28H45N3O7. The molecule has 0 fully saturated rings. The minimum absolute atomic E-state index is 0.00690. The zero-order valence-corrected chi connectivity index (χ0v) is 24.2. The van der Waals surface area contributed by atoms with Gasteiger partial charge in [0, 0.05) is 18.2 Å². The number of amides is 3. The van der Waals surface area contributed by atoms with Crippen LogP contribution in [0.3, 0.4) is 0 Å². The molecule has 3 unspecified atom stereocenters. The van der Waals surface area contributed by atoms with Crippen LogP contribution in [-0.4, -0.2) is 64.7 Å². The number of aromatic hydroxyl groups is 1. The minimum atomic E-state index is -1.22. The number of phenolic OH excluding ortho intramolecular Hbond substituents is 1. The lowest BCUT2D eigenvalue weighted by Crippen LogP contribution is -2.57. The number of carbonyl (C=O) groups excluding carboxylic acids is 4. The van der Waals surface area contributed by atoms with Crippen LogP contribution >= 0.6 is 0 Å². The van der Waals surface area contributed by atoms with E-state index >= 15 is 0 Å². The number of phenols is 1. The fourth-order valence-electron chi connectivity index (χ4n) is 3.84. The van der Waals surface area contributed by atoms with Gasteiger partial charge in [-0.3, -0.25) is 14.4 Å². The van der Waals surface area contributed by atoms with E-state index in [1.54, 1.807) is 73.6 Å². The van der Waals surface area contributed by atoms with E-state index in [0.717, 1.165) is 0 Å². The average molecular weight is 536 g/mol. The predicted molar refractivity (Wildman–Crippen MR) is 144 cm³/mol. The van der Waals surface area contributed by atoms with Crippen molar-refractivity contribution in [3.05, 3.63) is 29.3 Å². The van der Waals surface area contributed by atoms with Crippen LogP contribution in [0.15, 0.2) is 18.2 Å². The Balaban J connectivity index is 3.51. The molecule has 3 N–H and O–H groups in total. The van der Waals surface area contributed by atoms with Gasteiger partial charge in [-0.15, -0.1) is 0 Å². The molecule has 0 aliphatic carbocycles. The summed E-state index contributed by atoms with van der Waals surface area (Å²) in [4.78, 5) is 53.5. The van der Waals surface area contributed by atoms with Crippen molar-refractivity contribution in [3.8, 4) is 5.75 Å². The van der Waals surface area contributed by atoms with Gasteiger partial charge >= 0.3 is 12.1 Å². The zero-order chi connectivity index (χ0) is 29.2. The van der Waals surface area contributed by atoms with Crippen molar-refractivity contribution in [2.75, 3.05) is 13.2 Å². The molecule has 1 rings (SSSR count). The highest BCUT2D eigenvalue weighted by Gasteiger charge is 2.40. The molecule has 0 saturated heterocycles. The first kappa shape index (κ1) is 32.7. The molecule has 0 spiro atoms. The minimum Gasteiger partial charge on any atom is -0.507 e. The Bertz CT molecular complexity index is 972. The van der Waals surface area contributed by atoms with E-state index in [1.807, 2.05) is 6.92 Å². The number of nitrogens with zero attached hydrogens (tertiary/aromatic N) is 1. The number of alkyl carbamates (subject to hydrolysis) is 1. The van der Waals surface area contributed by atoms with Gasteiger partial charge in [-0.05, 0) is 59.4 Å². The third-order valence-electron chi connectivity index (χ3n) is 5.95. The number of carbonyl (C=O) groups is 4. The van der Waals surface area contributed by atoms with Crippen LogP contribution in [0.5, 0.6) is 5.75 Å². The maximum atomic E-state index is 14.1. The quantitative estimate of drug-likeness (QED) is 0.345. The Morgan fingerprint density at radius 3 is 2.24 bits per heavy atom. The van der Waals surface area contributed by atoms with Crippen molar-refractivity contribution in [2.45, 2.75) is 98.9 Å². The molecule has 0 bridgehead atoms. The van der Waals surface area contributed by atoms with Gasteiger partial charge in [-0.25, -0.2) is 4.79 Å². The van der Waals surface area contributed by atoms with E-state index in [4.69, 9.17) is 9.47 Å². The molecule has 214 valence electrons. The fourth-order valence-corrected chi connectivity index (χ4v) is 3.84. The lowest BCUT2D eigenvalue weighted by atomic mass is 9.95. The molecule has 3 atom stereocenters. The second kappa shape index (κ2) is 14.6. The zero-order valence-electron chi connectivity index (χ0n) is 24.2. The van der Waals surface area contributed by atoms with E-state index in [2.05, 4.69) is 10.6 Å². The smallest absolute Gasteiger partial charge is 0.408 e. The van der Waals surface area contributed by atoms with Gasteiger partial charge in [0.1, 0.15) is 23.4 Å². The summed E-state index contributed by atoms with van der Waals surface area (Å²) in [6, 6.07) is 2.32. The number of hydrogen-bond donors (Lipinski definition) is 3. The molecule has 0 aliphatic heterocycles. The second-order valence-electron chi connectivity index (χ2n) is 10.6. The molecule has 3 amide bonds. The van der Waals surface area contributed by atoms with Crippen molar-refractivity contribution in [1.82, 2.24) is 15.5 Å². The first-order valence-corrected chi connectivity index (χ1v) is 13.2.